The monoisotopic (exact) mass is 361 g/mol. The molecule has 0 aliphatic carbocycles. The van der Waals surface area contributed by atoms with E-state index in [1.54, 1.807) is 0 Å². The summed E-state index contributed by atoms with van der Waals surface area (Å²) in [5, 5.41) is 0. The van der Waals surface area contributed by atoms with Crippen LogP contribution in [0.4, 0.5) is 0 Å². The Kier molecular flexibility index (Phi) is 7.86. The van der Waals surface area contributed by atoms with E-state index in [1.807, 2.05) is 18.2 Å². The second kappa shape index (κ2) is 8.26. The highest BCUT2D eigenvalue weighted by Gasteiger charge is 2.16. The number of nitrogens with zero attached hydrogens (tertiary/aromatic N) is 1. The van der Waals surface area contributed by atoms with E-state index in [0.717, 1.165) is 17.6 Å². The summed E-state index contributed by atoms with van der Waals surface area (Å²) in [6.45, 7) is 5.49. The third kappa shape index (κ3) is 6.76. The molecule has 0 fully saturated rings. The van der Waals surface area contributed by atoms with Crippen molar-refractivity contribution >= 4 is 5.97 Å². The lowest BCUT2D eigenvalue weighted by atomic mass is 10.2. The van der Waals surface area contributed by atoms with Crippen LogP contribution >= 0.6 is 0 Å². The molecule has 0 spiro atoms. The van der Waals surface area contributed by atoms with Crippen molar-refractivity contribution in [3.63, 3.8) is 0 Å². The van der Waals surface area contributed by atoms with Crippen molar-refractivity contribution in [3.05, 3.63) is 48.6 Å². The van der Waals surface area contributed by atoms with E-state index in [2.05, 4.69) is 32.8 Å². The van der Waals surface area contributed by atoms with E-state index in [9.17, 15) is 4.79 Å². The first-order valence-electron chi connectivity index (χ1n) is 5.68. The highest BCUT2D eigenvalue weighted by molar-refractivity contribution is 5.81. The number of carbonyl (C=O) groups is 1. The first-order valence-corrected chi connectivity index (χ1v) is 5.68. The van der Waals surface area contributed by atoms with Gasteiger partial charge in [-0.05, 0) is 0 Å². The van der Waals surface area contributed by atoms with Crippen LogP contribution in [-0.4, -0.2) is 37.7 Å². The minimum absolute atomic E-state index is 0. The zero-order valence-electron chi connectivity index (χ0n) is 10.9. The summed E-state index contributed by atoms with van der Waals surface area (Å²) in [4.78, 5) is 10.9. The maximum atomic E-state index is 10.9. The molecule has 4 heteroatoms. The molecule has 18 heavy (non-hydrogen) atoms. The molecular formula is C14H20INO2. The standard InChI is InChI=1S/C14H20NO2.HI/c1-4-14(16)17-11-10-15(2,3)12-13-8-6-5-7-9-13;/h4-9H,1,10-12H2,2-3H3;1H/q+1;/p-1. The third-order valence-electron chi connectivity index (χ3n) is 2.56. The van der Waals surface area contributed by atoms with Crippen molar-refractivity contribution in [3.8, 4) is 0 Å². The fraction of sp³-hybridized carbons (Fsp3) is 0.357. The van der Waals surface area contributed by atoms with Gasteiger partial charge in [0.1, 0.15) is 19.7 Å². The molecular weight excluding hydrogens is 341 g/mol. The normalized spacial score (nSPS) is 10.3. The van der Waals surface area contributed by atoms with Crippen LogP contribution in [0.2, 0.25) is 0 Å². The molecule has 0 unspecified atom stereocenters. The highest BCUT2D eigenvalue weighted by Crippen LogP contribution is 2.08. The number of ether oxygens (including phenoxy) is 1. The lowest BCUT2D eigenvalue weighted by molar-refractivity contribution is -0.903. The van der Waals surface area contributed by atoms with Gasteiger partial charge in [0.05, 0.1) is 14.1 Å². The van der Waals surface area contributed by atoms with Gasteiger partial charge in [0, 0.05) is 11.6 Å². The highest BCUT2D eigenvalue weighted by atomic mass is 127. The summed E-state index contributed by atoms with van der Waals surface area (Å²) in [6.07, 6.45) is 1.19. The van der Waals surface area contributed by atoms with Crippen LogP contribution in [0.25, 0.3) is 0 Å². The van der Waals surface area contributed by atoms with Crippen molar-refractivity contribution in [1.82, 2.24) is 0 Å². The molecule has 3 nitrogen and oxygen atoms in total. The smallest absolute Gasteiger partial charge is 0.330 e. The molecule has 0 heterocycles. The van der Waals surface area contributed by atoms with Gasteiger partial charge in [-0.3, -0.25) is 0 Å². The van der Waals surface area contributed by atoms with Crippen molar-refractivity contribution in [2.75, 3.05) is 27.2 Å². The molecule has 1 rings (SSSR count). The SMILES string of the molecule is C=CC(=O)OCC[N+](C)(C)Cc1ccccc1.[I-]. The first-order chi connectivity index (χ1) is 8.03. The lowest BCUT2D eigenvalue weighted by Gasteiger charge is -2.29. The van der Waals surface area contributed by atoms with E-state index in [1.165, 1.54) is 11.6 Å². The number of quaternary nitrogens is 1. The summed E-state index contributed by atoms with van der Waals surface area (Å²) < 4.78 is 5.78. The second-order valence-electron chi connectivity index (χ2n) is 4.67. The van der Waals surface area contributed by atoms with E-state index < -0.39 is 0 Å². The zero-order valence-corrected chi connectivity index (χ0v) is 13.1. The van der Waals surface area contributed by atoms with Crippen molar-refractivity contribution in [1.29, 1.82) is 0 Å². The fourth-order valence-electron chi connectivity index (χ4n) is 1.61. The average Bonchev–Trinajstić information content (AvgIpc) is 2.29. The Balaban J connectivity index is 0.00000289. The van der Waals surface area contributed by atoms with Crippen LogP contribution in [0.3, 0.4) is 0 Å². The van der Waals surface area contributed by atoms with Crippen LogP contribution in [-0.2, 0) is 16.1 Å². The van der Waals surface area contributed by atoms with Crippen molar-refractivity contribution in [2.45, 2.75) is 6.54 Å². The van der Waals surface area contributed by atoms with Crippen LogP contribution in [0.1, 0.15) is 5.56 Å². The first kappa shape index (κ1) is 17.1. The van der Waals surface area contributed by atoms with E-state index >= 15 is 0 Å². The van der Waals surface area contributed by atoms with Gasteiger partial charge in [-0.1, -0.05) is 36.9 Å². The maximum absolute atomic E-state index is 10.9. The Morgan fingerprint density at radius 1 is 1.33 bits per heavy atom. The Hall–Kier alpha value is -0.880. The van der Waals surface area contributed by atoms with Gasteiger partial charge < -0.3 is 33.2 Å². The van der Waals surface area contributed by atoms with Crippen molar-refractivity contribution in [2.24, 2.45) is 0 Å². The Morgan fingerprint density at radius 2 is 1.94 bits per heavy atom. The number of benzene rings is 1. The molecule has 0 N–H and O–H groups in total. The van der Waals surface area contributed by atoms with Crippen molar-refractivity contribution < 1.29 is 38.0 Å². The van der Waals surface area contributed by atoms with Gasteiger partial charge in [0.2, 0.25) is 0 Å². The summed E-state index contributed by atoms with van der Waals surface area (Å²) in [5.74, 6) is -0.357. The molecule has 0 aromatic heterocycles. The van der Waals surface area contributed by atoms with Gasteiger partial charge in [-0.15, -0.1) is 0 Å². The maximum Gasteiger partial charge on any atom is 0.330 e. The predicted molar refractivity (Wildman–Crippen MR) is 68.3 cm³/mol. The fourth-order valence-corrected chi connectivity index (χ4v) is 1.61. The number of carbonyl (C=O) groups excluding carboxylic acids is 1. The Labute approximate surface area is 126 Å². The lowest BCUT2D eigenvalue weighted by Crippen LogP contribution is -3.00. The molecule has 1 aromatic carbocycles. The quantitative estimate of drug-likeness (QED) is 0.281. The number of hydrogen-bond donors (Lipinski definition) is 0. The summed E-state index contributed by atoms with van der Waals surface area (Å²) in [6, 6.07) is 10.3. The van der Waals surface area contributed by atoms with E-state index in [0.29, 0.717) is 6.61 Å². The Bertz CT molecular complexity index is 377. The minimum atomic E-state index is -0.357. The van der Waals surface area contributed by atoms with Crippen LogP contribution in [0, 0.1) is 0 Å². The topological polar surface area (TPSA) is 26.3 Å². The van der Waals surface area contributed by atoms with Gasteiger partial charge in [0.25, 0.3) is 0 Å². The zero-order chi connectivity index (χ0) is 12.7. The summed E-state index contributed by atoms with van der Waals surface area (Å²) in [5.41, 5.74) is 1.28. The molecule has 1 aromatic rings. The van der Waals surface area contributed by atoms with Crippen LogP contribution in [0.15, 0.2) is 43.0 Å². The Morgan fingerprint density at radius 3 is 2.50 bits per heavy atom. The van der Waals surface area contributed by atoms with Gasteiger partial charge in [-0.2, -0.15) is 0 Å². The molecule has 0 saturated heterocycles. The minimum Gasteiger partial charge on any atom is -1.00 e. The number of halogens is 1. The molecule has 0 radical (unpaired) electrons. The summed E-state index contributed by atoms with van der Waals surface area (Å²) in [7, 11) is 4.24. The van der Waals surface area contributed by atoms with Gasteiger partial charge in [0.15, 0.2) is 0 Å². The van der Waals surface area contributed by atoms with Gasteiger partial charge in [-0.25, -0.2) is 4.79 Å². The number of rotatable bonds is 6. The molecule has 0 aliphatic rings. The largest absolute Gasteiger partial charge is 1.00 e. The average molecular weight is 361 g/mol. The molecule has 0 atom stereocenters. The van der Waals surface area contributed by atoms with Gasteiger partial charge >= 0.3 is 5.97 Å². The molecule has 0 bridgehead atoms. The predicted octanol–water partition coefficient (Wildman–Crippen LogP) is -1.00. The summed E-state index contributed by atoms with van der Waals surface area (Å²) >= 11 is 0. The third-order valence-corrected chi connectivity index (χ3v) is 2.56. The van der Waals surface area contributed by atoms with E-state index in [4.69, 9.17) is 4.74 Å². The van der Waals surface area contributed by atoms with E-state index in [-0.39, 0.29) is 29.9 Å². The second-order valence-corrected chi connectivity index (χ2v) is 4.67. The van der Waals surface area contributed by atoms with Crippen LogP contribution < -0.4 is 24.0 Å². The number of hydrogen-bond acceptors (Lipinski definition) is 2. The number of likely N-dealkylation sites (N-methyl/N-ethyl adjacent to an activating group) is 1. The molecule has 100 valence electrons. The molecule has 0 aliphatic heterocycles. The van der Waals surface area contributed by atoms with Crippen LogP contribution in [0.5, 0.6) is 0 Å². The molecule has 0 amide bonds. The molecule has 0 saturated carbocycles. The number of esters is 1.